The Morgan fingerprint density at radius 3 is 2.90 bits per heavy atom. The first-order valence-corrected chi connectivity index (χ1v) is 9.16. The van der Waals surface area contributed by atoms with Crippen molar-refractivity contribution in [3.63, 3.8) is 0 Å². The largest absolute Gasteiger partial charge is 0.313 e. The fourth-order valence-corrected chi connectivity index (χ4v) is 4.07. The Morgan fingerprint density at radius 1 is 1.33 bits per heavy atom. The van der Waals surface area contributed by atoms with Crippen molar-refractivity contribution < 1.29 is 8.42 Å². The standard InChI is InChI=1S/C14H19N3O2S2/c1-2-15-10-12-9-14(20-11-12)21(18,19)17-8-6-13-5-3-4-7-16-13/h3-5,7,9,11,15,17H,2,6,8,10H2,1H3. The molecule has 0 aromatic carbocycles. The van der Waals surface area contributed by atoms with Gasteiger partial charge in [0.25, 0.3) is 0 Å². The van der Waals surface area contributed by atoms with E-state index in [0.717, 1.165) is 17.8 Å². The molecule has 2 aromatic rings. The molecule has 0 saturated heterocycles. The zero-order valence-corrected chi connectivity index (χ0v) is 13.5. The zero-order valence-electron chi connectivity index (χ0n) is 11.9. The second-order valence-electron chi connectivity index (χ2n) is 4.52. The van der Waals surface area contributed by atoms with Crippen molar-refractivity contribution in [2.24, 2.45) is 0 Å². The smallest absolute Gasteiger partial charge is 0.250 e. The molecule has 2 aromatic heterocycles. The first kappa shape index (κ1) is 16.1. The summed E-state index contributed by atoms with van der Waals surface area (Å²) in [6, 6.07) is 7.33. The highest BCUT2D eigenvalue weighted by Crippen LogP contribution is 2.19. The summed E-state index contributed by atoms with van der Waals surface area (Å²) in [5.41, 5.74) is 1.87. The van der Waals surface area contributed by atoms with Gasteiger partial charge in [-0.3, -0.25) is 4.98 Å². The van der Waals surface area contributed by atoms with Crippen LogP contribution in [0.25, 0.3) is 0 Å². The summed E-state index contributed by atoms with van der Waals surface area (Å²) in [6.45, 7) is 3.92. The first-order valence-electron chi connectivity index (χ1n) is 6.79. The maximum atomic E-state index is 12.2. The van der Waals surface area contributed by atoms with Crippen LogP contribution in [0.4, 0.5) is 0 Å². The van der Waals surface area contributed by atoms with E-state index in [-0.39, 0.29) is 0 Å². The molecule has 0 bridgehead atoms. The summed E-state index contributed by atoms with van der Waals surface area (Å²) in [5.74, 6) is 0. The number of pyridine rings is 1. The number of thiophene rings is 1. The molecule has 0 saturated carbocycles. The van der Waals surface area contributed by atoms with Crippen LogP contribution in [0.3, 0.4) is 0 Å². The van der Waals surface area contributed by atoms with E-state index in [2.05, 4.69) is 15.0 Å². The summed E-state index contributed by atoms with van der Waals surface area (Å²) in [7, 11) is -3.42. The van der Waals surface area contributed by atoms with Gasteiger partial charge in [-0.25, -0.2) is 13.1 Å². The van der Waals surface area contributed by atoms with Gasteiger partial charge < -0.3 is 5.32 Å². The lowest BCUT2D eigenvalue weighted by atomic mass is 10.3. The Balaban J connectivity index is 1.90. The fraction of sp³-hybridized carbons (Fsp3) is 0.357. The molecule has 0 aliphatic carbocycles. The lowest BCUT2D eigenvalue weighted by Crippen LogP contribution is -2.25. The van der Waals surface area contributed by atoms with Crippen LogP contribution < -0.4 is 10.0 Å². The number of nitrogens with one attached hydrogen (secondary N) is 2. The molecule has 0 spiro atoms. The van der Waals surface area contributed by atoms with Gasteiger partial charge in [-0.05, 0) is 35.7 Å². The maximum absolute atomic E-state index is 12.2. The molecule has 0 aliphatic heterocycles. The minimum Gasteiger partial charge on any atom is -0.313 e. The minimum absolute atomic E-state index is 0.347. The Labute approximate surface area is 129 Å². The predicted octanol–water partition coefficient (Wildman–Crippen LogP) is 1.77. The van der Waals surface area contributed by atoms with E-state index in [1.54, 1.807) is 12.3 Å². The average molecular weight is 325 g/mol. The van der Waals surface area contributed by atoms with Gasteiger partial charge in [0, 0.05) is 31.4 Å². The molecule has 2 heterocycles. The lowest BCUT2D eigenvalue weighted by Gasteiger charge is -2.04. The van der Waals surface area contributed by atoms with Crippen LogP contribution >= 0.6 is 11.3 Å². The van der Waals surface area contributed by atoms with E-state index < -0.39 is 10.0 Å². The highest BCUT2D eigenvalue weighted by atomic mass is 32.2. The van der Waals surface area contributed by atoms with Gasteiger partial charge in [0.2, 0.25) is 10.0 Å². The second kappa shape index (κ2) is 7.65. The third kappa shape index (κ3) is 4.89. The highest BCUT2D eigenvalue weighted by Gasteiger charge is 2.16. The Bertz CT molecular complexity index is 654. The van der Waals surface area contributed by atoms with Gasteiger partial charge in [0.15, 0.2) is 0 Å². The van der Waals surface area contributed by atoms with E-state index in [1.165, 1.54) is 11.3 Å². The molecule has 0 amide bonds. The molecule has 0 radical (unpaired) electrons. The average Bonchev–Trinajstić information content (AvgIpc) is 2.96. The summed E-state index contributed by atoms with van der Waals surface area (Å²) < 4.78 is 27.3. The molecule has 2 N–H and O–H groups in total. The highest BCUT2D eigenvalue weighted by molar-refractivity contribution is 7.91. The molecule has 7 heteroatoms. The minimum atomic E-state index is -3.42. The maximum Gasteiger partial charge on any atom is 0.250 e. The summed E-state index contributed by atoms with van der Waals surface area (Å²) in [5, 5.41) is 5.05. The third-order valence-corrected chi connectivity index (χ3v) is 5.82. The van der Waals surface area contributed by atoms with E-state index in [9.17, 15) is 8.42 Å². The van der Waals surface area contributed by atoms with Crippen LogP contribution in [0.15, 0.2) is 40.1 Å². The molecule has 0 unspecified atom stereocenters. The van der Waals surface area contributed by atoms with Crippen molar-refractivity contribution in [2.45, 2.75) is 24.1 Å². The van der Waals surface area contributed by atoms with Crippen LogP contribution in [0, 0.1) is 0 Å². The van der Waals surface area contributed by atoms with Gasteiger partial charge in [0.1, 0.15) is 4.21 Å². The van der Waals surface area contributed by atoms with Gasteiger partial charge in [-0.2, -0.15) is 0 Å². The van der Waals surface area contributed by atoms with Crippen LogP contribution in [-0.4, -0.2) is 26.5 Å². The monoisotopic (exact) mass is 325 g/mol. The van der Waals surface area contributed by atoms with Gasteiger partial charge >= 0.3 is 0 Å². The number of rotatable bonds is 8. The van der Waals surface area contributed by atoms with Crippen molar-refractivity contribution in [3.05, 3.63) is 47.1 Å². The van der Waals surface area contributed by atoms with Crippen molar-refractivity contribution in [2.75, 3.05) is 13.1 Å². The number of aromatic nitrogens is 1. The third-order valence-electron chi connectivity index (χ3n) is 2.87. The predicted molar refractivity (Wildman–Crippen MR) is 84.8 cm³/mol. The quantitative estimate of drug-likeness (QED) is 0.776. The number of hydrogen-bond donors (Lipinski definition) is 2. The second-order valence-corrected chi connectivity index (χ2v) is 7.43. The molecular weight excluding hydrogens is 306 g/mol. The fourth-order valence-electron chi connectivity index (χ4n) is 1.79. The van der Waals surface area contributed by atoms with Crippen molar-refractivity contribution in [1.29, 1.82) is 0 Å². The number of hydrogen-bond acceptors (Lipinski definition) is 5. The Morgan fingerprint density at radius 2 is 2.19 bits per heavy atom. The van der Waals surface area contributed by atoms with E-state index in [1.807, 2.05) is 30.5 Å². The molecule has 0 aliphatic rings. The Hall–Kier alpha value is -1.28. The molecule has 0 fully saturated rings. The summed E-state index contributed by atoms with van der Waals surface area (Å²) in [4.78, 5) is 4.17. The summed E-state index contributed by atoms with van der Waals surface area (Å²) in [6.07, 6.45) is 2.28. The van der Waals surface area contributed by atoms with Crippen LogP contribution in [0.1, 0.15) is 18.2 Å². The number of sulfonamides is 1. The topological polar surface area (TPSA) is 71.1 Å². The molecule has 5 nitrogen and oxygen atoms in total. The van der Waals surface area contributed by atoms with Crippen molar-refractivity contribution >= 4 is 21.4 Å². The van der Waals surface area contributed by atoms with Crippen molar-refractivity contribution in [3.8, 4) is 0 Å². The van der Waals surface area contributed by atoms with Gasteiger partial charge in [-0.1, -0.05) is 13.0 Å². The van der Waals surface area contributed by atoms with Gasteiger partial charge in [-0.15, -0.1) is 11.3 Å². The van der Waals surface area contributed by atoms with Crippen LogP contribution in [-0.2, 0) is 23.0 Å². The van der Waals surface area contributed by atoms with Crippen molar-refractivity contribution in [1.82, 2.24) is 15.0 Å². The first-order chi connectivity index (χ1) is 10.1. The van der Waals surface area contributed by atoms with Gasteiger partial charge in [0.05, 0.1) is 0 Å². The molecular formula is C14H19N3O2S2. The molecule has 2 rings (SSSR count). The van der Waals surface area contributed by atoms with E-state index >= 15 is 0 Å². The van der Waals surface area contributed by atoms with E-state index in [0.29, 0.717) is 23.7 Å². The number of nitrogens with zero attached hydrogens (tertiary/aromatic N) is 1. The SMILES string of the molecule is CCNCc1csc(S(=O)(=O)NCCc2ccccn2)c1. The lowest BCUT2D eigenvalue weighted by molar-refractivity contribution is 0.583. The van der Waals surface area contributed by atoms with Crippen LogP contribution in [0.5, 0.6) is 0 Å². The van der Waals surface area contributed by atoms with Crippen LogP contribution in [0.2, 0.25) is 0 Å². The molecule has 21 heavy (non-hydrogen) atoms. The Kier molecular flexibility index (Phi) is 5.86. The summed E-state index contributed by atoms with van der Waals surface area (Å²) >= 11 is 1.25. The zero-order chi connectivity index (χ0) is 15.1. The molecule has 0 atom stereocenters. The van der Waals surface area contributed by atoms with E-state index in [4.69, 9.17) is 0 Å². The normalized spacial score (nSPS) is 11.7. The molecule has 114 valence electrons.